The monoisotopic (exact) mass is 279 g/mol. The van der Waals surface area contributed by atoms with Crippen molar-refractivity contribution < 1.29 is 14.9 Å². The van der Waals surface area contributed by atoms with Crippen LogP contribution in [0.4, 0.5) is 0 Å². The van der Waals surface area contributed by atoms with Crippen LogP contribution in [-0.4, -0.2) is 36.5 Å². The van der Waals surface area contributed by atoms with Gasteiger partial charge in [0.1, 0.15) is 11.4 Å². The SMILES string of the molecule is CNCC(O)(c1ccc(OC)cc1)C1(O)CCCCC1. The maximum Gasteiger partial charge on any atom is 0.130 e. The molecule has 0 amide bonds. The quantitative estimate of drug-likeness (QED) is 0.769. The van der Waals surface area contributed by atoms with Gasteiger partial charge in [0, 0.05) is 6.54 Å². The highest BCUT2D eigenvalue weighted by molar-refractivity contribution is 5.33. The molecule has 0 spiro atoms. The molecule has 4 heteroatoms. The number of nitrogens with one attached hydrogen (secondary N) is 1. The first-order valence-corrected chi connectivity index (χ1v) is 7.30. The zero-order valence-corrected chi connectivity index (χ0v) is 12.4. The van der Waals surface area contributed by atoms with Crippen molar-refractivity contribution in [3.63, 3.8) is 0 Å². The fraction of sp³-hybridized carbons (Fsp3) is 0.625. The number of methoxy groups -OCH3 is 1. The van der Waals surface area contributed by atoms with E-state index in [-0.39, 0.29) is 0 Å². The summed E-state index contributed by atoms with van der Waals surface area (Å²) in [4.78, 5) is 0. The van der Waals surface area contributed by atoms with Crippen LogP contribution in [0, 0.1) is 0 Å². The molecule has 3 N–H and O–H groups in total. The van der Waals surface area contributed by atoms with Crippen molar-refractivity contribution in [3.05, 3.63) is 29.8 Å². The smallest absolute Gasteiger partial charge is 0.130 e. The Morgan fingerprint density at radius 3 is 2.30 bits per heavy atom. The Labute approximate surface area is 120 Å². The zero-order valence-electron chi connectivity index (χ0n) is 12.4. The summed E-state index contributed by atoms with van der Waals surface area (Å²) in [6, 6.07) is 7.32. The van der Waals surface area contributed by atoms with Crippen molar-refractivity contribution in [1.82, 2.24) is 5.32 Å². The molecule has 4 nitrogen and oxygen atoms in total. The van der Waals surface area contributed by atoms with Crippen molar-refractivity contribution >= 4 is 0 Å². The second-order valence-electron chi connectivity index (χ2n) is 5.71. The fourth-order valence-electron chi connectivity index (χ4n) is 3.21. The lowest BCUT2D eigenvalue weighted by atomic mass is 9.69. The number of rotatable bonds is 5. The summed E-state index contributed by atoms with van der Waals surface area (Å²) in [6.45, 7) is 0.329. The molecular formula is C16H25NO3. The molecule has 112 valence electrons. The molecule has 0 heterocycles. The molecule has 1 atom stereocenters. The Balaban J connectivity index is 2.36. The number of hydrogen-bond acceptors (Lipinski definition) is 4. The molecule has 1 unspecified atom stereocenters. The zero-order chi connectivity index (χ0) is 14.6. The van der Waals surface area contributed by atoms with E-state index in [4.69, 9.17) is 4.74 Å². The summed E-state index contributed by atoms with van der Waals surface area (Å²) in [7, 11) is 3.41. The third kappa shape index (κ3) is 2.68. The molecule has 0 radical (unpaired) electrons. The van der Waals surface area contributed by atoms with Crippen LogP contribution in [0.25, 0.3) is 0 Å². The van der Waals surface area contributed by atoms with Gasteiger partial charge in [-0.2, -0.15) is 0 Å². The minimum atomic E-state index is -1.27. The van der Waals surface area contributed by atoms with Gasteiger partial charge in [-0.15, -0.1) is 0 Å². The first-order valence-electron chi connectivity index (χ1n) is 7.30. The molecule has 0 aliphatic heterocycles. The molecule has 0 bridgehead atoms. The van der Waals surface area contributed by atoms with Gasteiger partial charge >= 0.3 is 0 Å². The van der Waals surface area contributed by atoms with E-state index in [1.807, 2.05) is 24.3 Å². The highest BCUT2D eigenvalue weighted by atomic mass is 16.5. The van der Waals surface area contributed by atoms with Crippen LogP contribution in [0.3, 0.4) is 0 Å². The number of aliphatic hydroxyl groups is 2. The Kier molecular flexibility index (Phi) is 4.68. The molecule has 1 fully saturated rings. The Morgan fingerprint density at radius 2 is 1.80 bits per heavy atom. The third-order valence-electron chi connectivity index (χ3n) is 4.45. The molecule has 1 aliphatic rings. The van der Waals surface area contributed by atoms with E-state index >= 15 is 0 Å². The average Bonchev–Trinajstić information content (AvgIpc) is 2.48. The van der Waals surface area contributed by atoms with Gasteiger partial charge in [-0.1, -0.05) is 31.4 Å². The van der Waals surface area contributed by atoms with Gasteiger partial charge in [-0.05, 0) is 37.6 Å². The second kappa shape index (κ2) is 6.12. The molecule has 0 saturated heterocycles. The van der Waals surface area contributed by atoms with Crippen LogP contribution >= 0.6 is 0 Å². The minimum absolute atomic E-state index is 0.329. The van der Waals surface area contributed by atoms with E-state index in [0.717, 1.165) is 30.6 Å². The van der Waals surface area contributed by atoms with Gasteiger partial charge in [-0.25, -0.2) is 0 Å². The van der Waals surface area contributed by atoms with Crippen molar-refractivity contribution in [3.8, 4) is 5.75 Å². The average molecular weight is 279 g/mol. The topological polar surface area (TPSA) is 61.7 Å². The molecular weight excluding hydrogens is 254 g/mol. The Bertz CT molecular complexity index is 426. The van der Waals surface area contributed by atoms with Gasteiger partial charge in [0.25, 0.3) is 0 Å². The van der Waals surface area contributed by atoms with E-state index < -0.39 is 11.2 Å². The van der Waals surface area contributed by atoms with Crippen molar-refractivity contribution in [1.29, 1.82) is 0 Å². The predicted molar refractivity (Wildman–Crippen MR) is 78.9 cm³/mol. The standard InChI is InChI=1S/C16H25NO3/c1-17-12-16(19,15(18)10-4-3-5-11-15)13-6-8-14(20-2)9-7-13/h6-9,17-19H,3-5,10-12H2,1-2H3. The minimum Gasteiger partial charge on any atom is -0.497 e. The van der Waals surface area contributed by atoms with Gasteiger partial charge in [0.05, 0.1) is 12.7 Å². The first-order chi connectivity index (χ1) is 9.55. The fourth-order valence-corrected chi connectivity index (χ4v) is 3.21. The Morgan fingerprint density at radius 1 is 1.20 bits per heavy atom. The van der Waals surface area contributed by atoms with E-state index in [1.54, 1.807) is 14.2 Å². The van der Waals surface area contributed by atoms with E-state index in [2.05, 4.69) is 5.32 Å². The maximum atomic E-state index is 11.2. The van der Waals surface area contributed by atoms with Crippen LogP contribution in [0.2, 0.25) is 0 Å². The first kappa shape index (κ1) is 15.3. The molecule has 1 saturated carbocycles. The van der Waals surface area contributed by atoms with Crippen LogP contribution in [-0.2, 0) is 5.60 Å². The molecule has 1 aliphatic carbocycles. The summed E-state index contributed by atoms with van der Waals surface area (Å²) in [6.07, 6.45) is 4.31. The van der Waals surface area contributed by atoms with Gasteiger partial charge < -0.3 is 20.3 Å². The van der Waals surface area contributed by atoms with E-state index in [1.165, 1.54) is 0 Å². The normalized spacial score (nSPS) is 21.2. The molecule has 0 aromatic heterocycles. The van der Waals surface area contributed by atoms with Crippen molar-refractivity contribution in [2.24, 2.45) is 0 Å². The predicted octanol–water partition coefficient (Wildman–Crippen LogP) is 1.80. The second-order valence-corrected chi connectivity index (χ2v) is 5.71. The van der Waals surface area contributed by atoms with Gasteiger partial charge in [-0.3, -0.25) is 0 Å². The van der Waals surface area contributed by atoms with Crippen LogP contribution in [0.1, 0.15) is 37.7 Å². The van der Waals surface area contributed by atoms with Crippen molar-refractivity contribution in [2.75, 3.05) is 20.7 Å². The van der Waals surface area contributed by atoms with Crippen LogP contribution in [0.15, 0.2) is 24.3 Å². The highest BCUT2D eigenvalue weighted by Gasteiger charge is 2.50. The van der Waals surface area contributed by atoms with Crippen LogP contribution in [0.5, 0.6) is 5.75 Å². The van der Waals surface area contributed by atoms with E-state index in [9.17, 15) is 10.2 Å². The summed E-state index contributed by atoms with van der Waals surface area (Å²) < 4.78 is 5.15. The summed E-state index contributed by atoms with van der Waals surface area (Å²) in [5.74, 6) is 0.746. The lowest BCUT2D eigenvalue weighted by Crippen LogP contribution is -2.57. The summed E-state index contributed by atoms with van der Waals surface area (Å²) in [5, 5.41) is 25.2. The largest absolute Gasteiger partial charge is 0.497 e. The molecule has 2 rings (SSSR count). The highest BCUT2D eigenvalue weighted by Crippen LogP contribution is 2.43. The molecule has 1 aromatic carbocycles. The summed E-state index contributed by atoms with van der Waals surface area (Å²) >= 11 is 0. The number of ether oxygens (including phenoxy) is 1. The number of benzene rings is 1. The van der Waals surface area contributed by atoms with Gasteiger partial charge in [0.15, 0.2) is 0 Å². The maximum absolute atomic E-state index is 11.2. The van der Waals surface area contributed by atoms with Gasteiger partial charge in [0.2, 0.25) is 0 Å². The lowest BCUT2D eigenvalue weighted by molar-refractivity contribution is -0.172. The lowest BCUT2D eigenvalue weighted by Gasteiger charge is -2.46. The number of hydrogen-bond donors (Lipinski definition) is 3. The molecule has 1 aromatic rings. The number of likely N-dealkylation sites (N-methyl/N-ethyl adjacent to an activating group) is 1. The van der Waals surface area contributed by atoms with Crippen LogP contribution < -0.4 is 10.1 Å². The van der Waals surface area contributed by atoms with E-state index in [0.29, 0.717) is 19.4 Å². The third-order valence-corrected chi connectivity index (χ3v) is 4.45. The molecule has 20 heavy (non-hydrogen) atoms. The van der Waals surface area contributed by atoms with Crippen molar-refractivity contribution in [2.45, 2.75) is 43.3 Å². The summed E-state index contributed by atoms with van der Waals surface area (Å²) in [5.41, 5.74) is -1.60. The Hall–Kier alpha value is -1.10.